The maximum Gasteiger partial charge on any atom is 0.163 e. The molecule has 0 fully saturated rings. The van der Waals surface area contributed by atoms with Gasteiger partial charge in [0.2, 0.25) is 0 Å². The third kappa shape index (κ3) is 16.1. The molecule has 0 unspecified atom stereocenters. The fraction of sp³-hybridized carbons (Fsp3) is 0.0833. The first-order valence-electron chi connectivity index (χ1n) is 40.6. The van der Waals surface area contributed by atoms with E-state index in [0.717, 1.165) is 113 Å². The topological polar surface area (TPSA) is 126 Å². The summed E-state index contributed by atoms with van der Waals surface area (Å²) in [5.41, 5.74) is 24.3. The molecule has 20 aromatic rings. The zero-order valence-corrected chi connectivity index (χ0v) is 67.1. The number of benzene rings is 15. The van der Waals surface area contributed by atoms with Gasteiger partial charge in [-0.15, -0.1) is 0 Å². The SMILES string of the molecule is CC(C)c1nc(-c2cc(-c3ccccc3)cc(-c3ccccc3)c2)nc(-c2cc(-c3ccccc3)cc(-c3ccccc3)c2)n1.CC(C)c1nc(-c2ccc(-n3c4ccccc4c4ccccc43)cc2)nc(-c2ccc(-n3c4ccccc4c4ccccc43)cc2)n1.CC(C)c1nc(-c2ccccc2)nc(-c2ccc(-c3ccccc3)cc2)n1. The van der Waals surface area contributed by atoms with E-state index in [4.69, 9.17) is 39.9 Å². The van der Waals surface area contributed by atoms with Gasteiger partial charge in [-0.05, 0) is 165 Å². The molecule has 11 heteroatoms. The molecule has 0 atom stereocenters. The number of para-hydroxylation sites is 4. The molecular formula is C108H85N11. The minimum atomic E-state index is 0.127. The van der Waals surface area contributed by atoms with Gasteiger partial charge in [-0.2, -0.15) is 0 Å². The van der Waals surface area contributed by atoms with E-state index in [0.29, 0.717) is 29.1 Å². The summed E-state index contributed by atoms with van der Waals surface area (Å²) >= 11 is 0. The molecule has 0 aliphatic carbocycles. The number of hydrogen-bond acceptors (Lipinski definition) is 9. The molecule has 0 saturated carbocycles. The molecule has 0 N–H and O–H groups in total. The molecule has 0 spiro atoms. The summed E-state index contributed by atoms with van der Waals surface area (Å²) in [5, 5.41) is 5.00. The van der Waals surface area contributed by atoms with Crippen molar-refractivity contribution in [3.05, 3.63) is 406 Å². The fourth-order valence-electron chi connectivity index (χ4n) is 15.4. The fourth-order valence-corrected chi connectivity index (χ4v) is 15.4. The normalized spacial score (nSPS) is 11.3. The minimum Gasteiger partial charge on any atom is -0.309 e. The predicted octanol–water partition coefficient (Wildman–Crippen LogP) is 27.5. The third-order valence-corrected chi connectivity index (χ3v) is 21.5. The van der Waals surface area contributed by atoms with E-state index in [1.807, 2.05) is 60.7 Å². The summed E-state index contributed by atoms with van der Waals surface area (Å²) in [6, 6.07) is 135. The lowest BCUT2D eigenvalue weighted by atomic mass is 9.95. The van der Waals surface area contributed by atoms with E-state index in [1.165, 1.54) is 54.7 Å². The van der Waals surface area contributed by atoms with Gasteiger partial charge < -0.3 is 9.13 Å². The quantitative estimate of drug-likeness (QED) is 0.0929. The Morgan fingerprint density at radius 3 is 0.588 bits per heavy atom. The molecular weight excluding hydrogens is 1450 g/mol. The minimum absolute atomic E-state index is 0.127. The van der Waals surface area contributed by atoms with Gasteiger partial charge in [-0.3, -0.25) is 0 Å². The summed E-state index contributed by atoms with van der Waals surface area (Å²) in [4.78, 5) is 44.2. The lowest BCUT2D eigenvalue weighted by Crippen LogP contribution is -2.05. The Bertz CT molecular complexity index is 6410. The Morgan fingerprint density at radius 1 is 0.160 bits per heavy atom. The molecule has 0 aliphatic rings. The largest absolute Gasteiger partial charge is 0.309 e. The lowest BCUT2D eigenvalue weighted by molar-refractivity contribution is 0.766. The van der Waals surface area contributed by atoms with Crippen molar-refractivity contribution >= 4 is 43.6 Å². The van der Waals surface area contributed by atoms with Crippen molar-refractivity contribution in [2.75, 3.05) is 0 Å². The summed E-state index contributed by atoms with van der Waals surface area (Å²) in [6.07, 6.45) is 0. The maximum absolute atomic E-state index is 5.17. The van der Waals surface area contributed by atoms with Crippen LogP contribution in [0.4, 0.5) is 0 Å². The number of aromatic nitrogens is 11. The monoisotopic (exact) mass is 1540 g/mol. The molecule has 0 bridgehead atoms. The second-order valence-corrected chi connectivity index (χ2v) is 30.7. The van der Waals surface area contributed by atoms with E-state index in [9.17, 15) is 0 Å². The second-order valence-electron chi connectivity index (χ2n) is 30.7. The molecule has 5 aromatic heterocycles. The van der Waals surface area contributed by atoms with Crippen LogP contribution >= 0.6 is 0 Å². The Hall–Kier alpha value is -15.1. The first-order chi connectivity index (χ1) is 58.4. The number of nitrogens with zero attached hydrogens (tertiary/aromatic N) is 11. The molecule has 15 aromatic carbocycles. The van der Waals surface area contributed by atoms with E-state index in [-0.39, 0.29) is 17.8 Å². The van der Waals surface area contributed by atoms with Crippen molar-refractivity contribution in [1.82, 2.24) is 54.0 Å². The number of fused-ring (bicyclic) bond motifs is 6. The lowest BCUT2D eigenvalue weighted by Gasteiger charge is -2.14. The van der Waals surface area contributed by atoms with Crippen molar-refractivity contribution in [3.8, 4) is 135 Å². The molecule has 0 aliphatic heterocycles. The van der Waals surface area contributed by atoms with Gasteiger partial charge in [0.05, 0.1) is 22.1 Å². The van der Waals surface area contributed by atoms with Gasteiger partial charge in [0.1, 0.15) is 17.5 Å². The van der Waals surface area contributed by atoms with E-state index >= 15 is 0 Å². The zero-order chi connectivity index (χ0) is 80.7. The Morgan fingerprint density at radius 2 is 0.336 bits per heavy atom. The van der Waals surface area contributed by atoms with Gasteiger partial charge in [0.25, 0.3) is 0 Å². The van der Waals surface area contributed by atoms with Crippen LogP contribution in [0.2, 0.25) is 0 Å². The molecule has 0 amide bonds. The van der Waals surface area contributed by atoms with Crippen LogP contribution in [-0.4, -0.2) is 54.0 Å². The van der Waals surface area contributed by atoms with Gasteiger partial charge >= 0.3 is 0 Å². The highest BCUT2D eigenvalue weighted by atomic mass is 15.1. The highest BCUT2D eigenvalue weighted by Crippen LogP contribution is 2.39. The number of rotatable bonds is 16. The van der Waals surface area contributed by atoms with E-state index in [2.05, 4.69) is 383 Å². The third-order valence-electron chi connectivity index (χ3n) is 21.5. The van der Waals surface area contributed by atoms with Crippen LogP contribution in [-0.2, 0) is 0 Å². The maximum atomic E-state index is 5.17. The van der Waals surface area contributed by atoms with Crippen molar-refractivity contribution in [3.63, 3.8) is 0 Å². The zero-order valence-electron chi connectivity index (χ0n) is 67.1. The van der Waals surface area contributed by atoms with Crippen LogP contribution in [0.5, 0.6) is 0 Å². The molecule has 119 heavy (non-hydrogen) atoms. The Kier molecular flexibility index (Phi) is 21.4. The van der Waals surface area contributed by atoms with Crippen molar-refractivity contribution in [2.24, 2.45) is 0 Å². The second kappa shape index (κ2) is 33.8. The number of hydrogen-bond donors (Lipinski definition) is 0. The van der Waals surface area contributed by atoms with Gasteiger partial charge in [0.15, 0.2) is 34.9 Å². The van der Waals surface area contributed by atoms with Crippen LogP contribution in [0.15, 0.2) is 388 Å². The Balaban J connectivity index is 0.000000127. The summed E-state index contributed by atoms with van der Waals surface area (Å²) in [7, 11) is 0. The molecule has 572 valence electrons. The Labute approximate surface area is 693 Å². The van der Waals surface area contributed by atoms with Gasteiger partial charge in [-0.25, -0.2) is 44.9 Å². The van der Waals surface area contributed by atoms with Crippen molar-refractivity contribution in [2.45, 2.75) is 59.3 Å². The molecule has 11 nitrogen and oxygen atoms in total. The van der Waals surface area contributed by atoms with Crippen LogP contribution < -0.4 is 0 Å². The molecule has 5 heterocycles. The predicted molar refractivity (Wildman–Crippen MR) is 490 cm³/mol. The summed E-state index contributed by atoms with van der Waals surface area (Å²) in [5.74, 6) is 7.02. The van der Waals surface area contributed by atoms with Crippen LogP contribution in [0, 0.1) is 0 Å². The molecule has 20 rings (SSSR count). The van der Waals surface area contributed by atoms with E-state index < -0.39 is 0 Å². The van der Waals surface area contributed by atoms with Crippen LogP contribution in [0.3, 0.4) is 0 Å². The van der Waals surface area contributed by atoms with Crippen molar-refractivity contribution < 1.29 is 0 Å². The smallest absolute Gasteiger partial charge is 0.163 e. The summed E-state index contributed by atoms with van der Waals surface area (Å²) < 4.78 is 4.65. The average molecular weight is 1540 g/mol. The average Bonchev–Trinajstić information content (AvgIpc) is 1.62. The standard InChI is InChI=1S/C42H31N5.C42H33N3.C24H21N3/c1-27(2)40-43-41(28-19-23-30(24-20-28)46-36-15-7-3-11-32(36)33-12-4-8-16-37(33)46)45-42(44-40)29-21-25-31(26-22-29)47-38-17-9-5-13-34(38)35-14-6-10-18-39(35)47;1-29(2)40-43-41(38-25-34(30-15-7-3-8-16-30)23-35(26-38)31-17-9-4-10-18-31)45-42(44-40)39-27-36(32-19-11-5-12-20-32)24-37(28-39)33-21-13-6-14-22-33;1-17(2)22-25-23(20-11-7-4-8-12-20)27-24(26-22)21-15-13-19(14-16-21)18-9-5-3-6-10-18/h3-27H,1-2H3;3-29H,1-2H3;3-17H,1-2H3. The van der Waals surface area contributed by atoms with E-state index in [1.54, 1.807) is 0 Å². The highest BCUT2D eigenvalue weighted by molar-refractivity contribution is 6.10. The first kappa shape index (κ1) is 75.3. The molecule has 0 radical (unpaired) electrons. The molecule has 0 saturated heterocycles. The van der Waals surface area contributed by atoms with Crippen molar-refractivity contribution in [1.29, 1.82) is 0 Å². The van der Waals surface area contributed by atoms with Crippen LogP contribution in [0.25, 0.3) is 179 Å². The first-order valence-corrected chi connectivity index (χ1v) is 40.6. The van der Waals surface area contributed by atoms with Crippen LogP contribution in [0.1, 0.15) is 76.8 Å². The summed E-state index contributed by atoms with van der Waals surface area (Å²) in [6.45, 7) is 12.7. The van der Waals surface area contributed by atoms with Gasteiger partial charge in [-0.1, -0.05) is 321 Å². The highest BCUT2D eigenvalue weighted by Gasteiger charge is 2.22. The van der Waals surface area contributed by atoms with Gasteiger partial charge in [0, 0.05) is 84.1 Å².